The van der Waals surface area contributed by atoms with Crippen molar-refractivity contribution >= 4 is 12.1 Å². The van der Waals surface area contributed by atoms with Gasteiger partial charge in [0.15, 0.2) is 0 Å². The molecule has 0 N–H and O–H groups in total. The van der Waals surface area contributed by atoms with E-state index in [9.17, 15) is 9.59 Å². The maximum Gasteiger partial charge on any atom is 0.149 e. The molecule has 0 aromatic heterocycles. The molecule has 4 atom stereocenters. The van der Waals surface area contributed by atoms with Gasteiger partial charge >= 0.3 is 0 Å². The molecular formula is C10H14O2. The number of carbonyl (C=O) groups excluding carboxylic acids is 2. The molecule has 0 aromatic rings. The Labute approximate surface area is 72.3 Å². The fourth-order valence-corrected chi connectivity index (χ4v) is 2.99. The minimum atomic E-state index is -0.279. The minimum Gasteiger partial charge on any atom is -0.303 e. The lowest BCUT2D eigenvalue weighted by Gasteiger charge is -2.23. The number of aldehydes is 1. The van der Waals surface area contributed by atoms with Crippen molar-refractivity contribution < 1.29 is 9.59 Å². The lowest BCUT2D eigenvalue weighted by molar-refractivity contribution is -0.133. The first kappa shape index (κ1) is 7.96. The molecule has 2 aliphatic carbocycles. The van der Waals surface area contributed by atoms with E-state index in [0.717, 1.165) is 19.1 Å². The van der Waals surface area contributed by atoms with Crippen LogP contribution in [0.4, 0.5) is 0 Å². The van der Waals surface area contributed by atoms with Gasteiger partial charge < -0.3 is 4.79 Å². The number of fused-ring (bicyclic) bond motifs is 2. The molecule has 0 aromatic carbocycles. The Bertz CT molecular complexity index is 246. The molecule has 0 aliphatic heterocycles. The Morgan fingerprint density at radius 3 is 2.58 bits per heavy atom. The molecule has 2 rings (SSSR count). The maximum absolute atomic E-state index is 11.7. The van der Waals surface area contributed by atoms with Crippen LogP contribution in [0.15, 0.2) is 0 Å². The van der Waals surface area contributed by atoms with Gasteiger partial charge in [-0.05, 0) is 24.7 Å². The van der Waals surface area contributed by atoms with Crippen LogP contribution in [0.2, 0.25) is 0 Å². The van der Waals surface area contributed by atoms with Crippen LogP contribution in [0.25, 0.3) is 0 Å². The lowest BCUT2D eigenvalue weighted by Crippen LogP contribution is -2.30. The predicted octanol–water partition coefficient (Wildman–Crippen LogP) is 1.44. The quantitative estimate of drug-likeness (QED) is 0.436. The summed E-state index contributed by atoms with van der Waals surface area (Å²) in [5.41, 5.74) is -0.170. The summed E-state index contributed by atoms with van der Waals surface area (Å²) < 4.78 is 0. The van der Waals surface area contributed by atoms with Gasteiger partial charge in [-0.15, -0.1) is 0 Å². The molecule has 2 aliphatic rings. The first-order valence-electron chi connectivity index (χ1n) is 4.61. The molecule has 12 heavy (non-hydrogen) atoms. The number of ketones is 1. The van der Waals surface area contributed by atoms with Gasteiger partial charge in [-0.3, -0.25) is 4.79 Å². The number of Topliss-reactive ketones (excluding diaryl/α,β-unsaturated/α-hetero) is 1. The average molecular weight is 166 g/mol. The summed E-state index contributed by atoms with van der Waals surface area (Å²) in [6, 6.07) is 0. The smallest absolute Gasteiger partial charge is 0.149 e. The molecule has 2 nitrogen and oxygen atoms in total. The van der Waals surface area contributed by atoms with E-state index in [4.69, 9.17) is 0 Å². The summed E-state index contributed by atoms with van der Waals surface area (Å²) in [7, 11) is 0. The Morgan fingerprint density at radius 1 is 1.58 bits per heavy atom. The van der Waals surface area contributed by atoms with Crippen molar-refractivity contribution in [2.45, 2.75) is 26.7 Å². The molecule has 0 amide bonds. The van der Waals surface area contributed by atoms with Crippen molar-refractivity contribution in [3.63, 3.8) is 0 Å². The largest absolute Gasteiger partial charge is 0.303 e. The van der Waals surface area contributed by atoms with E-state index in [1.54, 1.807) is 0 Å². The van der Waals surface area contributed by atoms with Crippen molar-refractivity contribution in [3.8, 4) is 0 Å². The fourth-order valence-electron chi connectivity index (χ4n) is 2.99. The summed E-state index contributed by atoms with van der Waals surface area (Å²) in [6.45, 7) is 4.13. The Hall–Kier alpha value is -0.660. The third-order valence-corrected chi connectivity index (χ3v) is 4.12. The number of carbonyl (C=O) groups is 2. The molecule has 2 heteroatoms. The number of hydrogen-bond acceptors (Lipinski definition) is 2. The molecule has 66 valence electrons. The van der Waals surface area contributed by atoms with E-state index in [0.29, 0.717) is 11.8 Å². The summed E-state index contributed by atoms with van der Waals surface area (Å²) in [6.07, 6.45) is 2.91. The van der Waals surface area contributed by atoms with Crippen LogP contribution in [0.3, 0.4) is 0 Å². The van der Waals surface area contributed by atoms with Crippen molar-refractivity contribution in [2.24, 2.45) is 23.2 Å². The molecule has 0 heterocycles. The zero-order valence-corrected chi connectivity index (χ0v) is 7.54. The van der Waals surface area contributed by atoms with Crippen LogP contribution in [0.5, 0.6) is 0 Å². The summed E-state index contributed by atoms with van der Waals surface area (Å²) in [5, 5.41) is 0. The van der Waals surface area contributed by atoms with Crippen molar-refractivity contribution in [3.05, 3.63) is 0 Å². The monoisotopic (exact) mass is 166 g/mol. The zero-order valence-electron chi connectivity index (χ0n) is 7.54. The van der Waals surface area contributed by atoms with E-state index in [-0.39, 0.29) is 17.1 Å². The average Bonchev–Trinajstić information content (AvgIpc) is 2.42. The standard InChI is InChI=1S/C10H14O2/c1-6-7-3-4-10(6,2)9(12)8(7)5-11/h5-8H,3-4H2,1-2H3. The second kappa shape index (κ2) is 2.18. The van der Waals surface area contributed by atoms with Gasteiger partial charge in [0.05, 0.1) is 5.92 Å². The third kappa shape index (κ3) is 0.661. The molecule has 2 bridgehead atoms. The molecule has 2 fully saturated rings. The van der Waals surface area contributed by atoms with E-state index in [1.165, 1.54) is 0 Å². The van der Waals surface area contributed by atoms with Crippen LogP contribution in [0.1, 0.15) is 26.7 Å². The van der Waals surface area contributed by atoms with Gasteiger partial charge in [0.2, 0.25) is 0 Å². The predicted molar refractivity (Wildman–Crippen MR) is 44.6 cm³/mol. The first-order valence-corrected chi connectivity index (χ1v) is 4.61. The summed E-state index contributed by atoms with van der Waals surface area (Å²) in [5.74, 6) is 0.681. The van der Waals surface area contributed by atoms with Crippen LogP contribution in [-0.2, 0) is 9.59 Å². The van der Waals surface area contributed by atoms with Crippen molar-refractivity contribution in [1.29, 1.82) is 0 Å². The van der Waals surface area contributed by atoms with Gasteiger partial charge in [-0.1, -0.05) is 13.8 Å². The topological polar surface area (TPSA) is 34.1 Å². The minimum absolute atomic E-state index is 0.170. The van der Waals surface area contributed by atoms with Crippen LogP contribution in [-0.4, -0.2) is 12.1 Å². The Morgan fingerprint density at radius 2 is 2.25 bits per heavy atom. The maximum atomic E-state index is 11.7. The molecule has 2 saturated carbocycles. The molecule has 4 unspecified atom stereocenters. The van der Waals surface area contributed by atoms with E-state index < -0.39 is 0 Å². The van der Waals surface area contributed by atoms with Gasteiger partial charge in [-0.25, -0.2) is 0 Å². The zero-order chi connectivity index (χ0) is 8.93. The summed E-state index contributed by atoms with van der Waals surface area (Å²) >= 11 is 0. The van der Waals surface area contributed by atoms with Crippen LogP contribution >= 0.6 is 0 Å². The highest BCUT2D eigenvalue weighted by Gasteiger charge is 2.59. The van der Waals surface area contributed by atoms with E-state index in [2.05, 4.69) is 6.92 Å². The third-order valence-electron chi connectivity index (χ3n) is 4.12. The van der Waals surface area contributed by atoms with Crippen LogP contribution in [0, 0.1) is 23.2 Å². The molecule has 0 radical (unpaired) electrons. The van der Waals surface area contributed by atoms with Gasteiger partial charge in [-0.2, -0.15) is 0 Å². The highest BCUT2D eigenvalue weighted by atomic mass is 16.1. The second-order valence-electron chi connectivity index (χ2n) is 4.43. The normalized spacial score (nSPS) is 51.5. The fraction of sp³-hybridized carbons (Fsp3) is 0.800. The number of rotatable bonds is 1. The van der Waals surface area contributed by atoms with Crippen LogP contribution < -0.4 is 0 Å². The molecular weight excluding hydrogens is 152 g/mol. The molecule has 0 saturated heterocycles. The van der Waals surface area contributed by atoms with Gasteiger partial charge in [0.1, 0.15) is 12.1 Å². The van der Waals surface area contributed by atoms with Crippen molar-refractivity contribution in [1.82, 2.24) is 0 Å². The highest BCUT2D eigenvalue weighted by molar-refractivity contribution is 6.00. The second-order valence-corrected chi connectivity index (χ2v) is 4.43. The molecule has 0 spiro atoms. The summed E-state index contributed by atoms with van der Waals surface area (Å²) in [4.78, 5) is 22.4. The van der Waals surface area contributed by atoms with Crippen molar-refractivity contribution in [2.75, 3.05) is 0 Å². The SMILES string of the molecule is CC1C2CCC1(C)C(=O)C2C=O. The first-order chi connectivity index (χ1) is 5.61. The van der Waals surface area contributed by atoms with Gasteiger partial charge in [0.25, 0.3) is 0 Å². The van der Waals surface area contributed by atoms with E-state index >= 15 is 0 Å². The Kier molecular flexibility index (Phi) is 1.45. The number of hydrogen-bond donors (Lipinski definition) is 0. The Balaban J connectivity index is 2.40. The lowest BCUT2D eigenvalue weighted by atomic mass is 9.79. The van der Waals surface area contributed by atoms with Gasteiger partial charge in [0, 0.05) is 5.41 Å². The van der Waals surface area contributed by atoms with E-state index in [1.807, 2.05) is 6.92 Å². The highest BCUT2D eigenvalue weighted by Crippen LogP contribution is 2.57.